The highest BCUT2D eigenvalue weighted by Gasteiger charge is 2.39. The molecule has 7 heteroatoms. The Kier molecular flexibility index (Phi) is 5.98. The van der Waals surface area contributed by atoms with Crippen LogP contribution < -0.4 is 15.0 Å². The number of nitrogens with zero attached hydrogens (tertiary/aromatic N) is 4. The summed E-state index contributed by atoms with van der Waals surface area (Å²) in [7, 11) is 0. The molecule has 1 saturated carbocycles. The molecule has 0 radical (unpaired) electrons. The summed E-state index contributed by atoms with van der Waals surface area (Å²) in [5.74, 6) is 1.85. The van der Waals surface area contributed by atoms with Crippen LogP contribution in [0.15, 0.2) is 48.8 Å². The molecule has 2 fully saturated rings. The summed E-state index contributed by atoms with van der Waals surface area (Å²) in [5.41, 5.74) is 4.61. The Morgan fingerprint density at radius 1 is 1.08 bits per heavy atom. The molecule has 0 bridgehead atoms. The van der Waals surface area contributed by atoms with E-state index >= 15 is 0 Å². The summed E-state index contributed by atoms with van der Waals surface area (Å²) in [6.45, 7) is 4.16. The first kappa shape index (κ1) is 22.8. The van der Waals surface area contributed by atoms with Crippen LogP contribution in [0.2, 0.25) is 0 Å². The standard InChI is InChI=1S/C29H31N5O2/c1-19-2-9-26-27(34(19)29(35)21-5-6-21)11-10-25(28(26)36-24-7-3-20(16-30)4-8-24)22-17-32-33(18-22)23-12-14-31-15-13-23/h3-4,7-8,10-11,17-19,21,23,31H,2,5-6,9,12-15H2,1H3/t19-/m0/s1. The number of benzene rings is 2. The van der Waals surface area contributed by atoms with E-state index < -0.39 is 0 Å². The topological polar surface area (TPSA) is 83.2 Å². The fourth-order valence-electron chi connectivity index (χ4n) is 5.47. The minimum Gasteiger partial charge on any atom is -0.456 e. The third-order valence-corrected chi connectivity index (χ3v) is 7.71. The van der Waals surface area contributed by atoms with E-state index in [1.807, 2.05) is 23.2 Å². The van der Waals surface area contributed by atoms with Crippen molar-refractivity contribution in [2.75, 3.05) is 18.0 Å². The van der Waals surface area contributed by atoms with Gasteiger partial charge in [-0.25, -0.2) is 0 Å². The Labute approximate surface area is 211 Å². The number of hydrogen-bond acceptors (Lipinski definition) is 5. The van der Waals surface area contributed by atoms with Crippen LogP contribution in [-0.2, 0) is 11.2 Å². The van der Waals surface area contributed by atoms with Crippen molar-refractivity contribution >= 4 is 11.6 Å². The third-order valence-electron chi connectivity index (χ3n) is 7.71. The molecule has 2 aromatic carbocycles. The second-order valence-electron chi connectivity index (χ2n) is 10.2. The molecular weight excluding hydrogens is 450 g/mol. The van der Waals surface area contributed by atoms with E-state index in [0.29, 0.717) is 17.4 Å². The van der Waals surface area contributed by atoms with Crippen LogP contribution in [0.3, 0.4) is 0 Å². The van der Waals surface area contributed by atoms with E-state index in [1.165, 1.54) is 0 Å². The quantitative estimate of drug-likeness (QED) is 0.540. The zero-order chi connectivity index (χ0) is 24.6. The van der Waals surface area contributed by atoms with Gasteiger partial charge in [0.25, 0.3) is 0 Å². The average Bonchev–Trinajstić information content (AvgIpc) is 3.66. The number of hydrogen-bond donors (Lipinski definition) is 1. The fourth-order valence-corrected chi connectivity index (χ4v) is 5.47. The first-order valence-corrected chi connectivity index (χ1v) is 13.0. The lowest BCUT2D eigenvalue weighted by Gasteiger charge is -2.36. The lowest BCUT2D eigenvalue weighted by Crippen LogP contribution is -2.43. The SMILES string of the molecule is C[C@H]1CCc2c(ccc(-c3cnn(C4CCNCC4)c3)c2Oc2ccc(C#N)cc2)N1C(=O)C1CC1. The Balaban J connectivity index is 1.43. The number of amides is 1. The molecule has 0 spiro atoms. The number of rotatable bonds is 5. The third kappa shape index (κ3) is 4.27. The van der Waals surface area contributed by atoms with Gasteiger partial charge in [-0.1, -0.05) is 0 Å². The number of anilines is 1. The number of carbonyl (C=O) groups excluding carboxylic acids is 1. The highest BCUT2D eigenvalue weighted by atomic mass is 16.5. The number of piperidine rings is 1. The van der Waals surface area contributed by atoms with Crippen LogP contribution in [-0.4, -0.2) is 34.8 Å². The molecule has 36 heavy (non-hydrogen) atoms. The molecular formula is C29H31N5O2. The normalized spacial score (nSPS) is 20.0. The van der Waals surface area contributed by atoms with Gasteiger partial charge in [0.05, 0.1) is 29.6 Å². The first-order valence-electron chi connectivity index (χ1n) is 13.0. The summed E-state index contributed by atoms with van der Waals surface area (Å²) in [6, 6.07) is 14.1. The molecule has 2 aliphatic heterocycles. The summed E-state index contributed by atoms with van der Waals surface area (Å²) >= 11 is 0. The van der Waals surface area contributed by atoms with E-state index in [-0.39, 0.29) is 17.9 Å². The van der Waals surface area contributed by atoms with Crippen LogP contribution in [0.1, 0.15) is 56.2 Å². The van der Waals surface area contributed by atoms with Crippen molar-refractivity contribution in [2.24, 2.45) is 5.92 Å². The number of aromatic nitrogens is 2. The van der Waals surface area contributed by atoms with Gasteiger partial charge in [-0.15, -0.1) is 0 Å². The molecule has 184 valence electrons. The van der Waals surface area contributed by atoms with E-state index in [0.717, 1.165) is 79.7 Å². The van der Waals surface area contributed by atoms with E-state index in [1.54, 1.807) is 12.1 Å². The maximum atomic E-state index is 13.2. The second kappa shape index (κ2) is 9.44. The number of ether oxygens (including phenoxy) is 1. The Hall–Kier alpha value is -3.63. The molecule has 1 aliphatic carbocycles. The predicted molar refractivity (Wildman–Crippen MR) is 138 cm³/mol. The minimum atomic E-state index is 0.157. The smallest absolute Gasteiger partial charge is 0.230 e. The molecule has 7 nitrogen and oxygen atoms in total. The number of fused-ring (bicyclic) bond motifs is 1. The van der Waals surface area contributed by atoms with Gasteiger partial charge >= 0.3 is 0 Å². The zero-order valence-corrected chi connectivity index (χ0v) is 20.6. The lowest BCUT2D eigenvalue weighted by atomic mass is 9.92. The monoisotopic (exact) mass is 481 g/mol. The molecule has 3 aliphatic rings. The van der Waals surface area contributed by atoms with Gasteiger partial charge in [-0.05, 0) is 94.9 Å². The van der Waals surface area contributed by atoms with Crippen molar-refractivity contribution in [1.82, 2.24) is 15.1 Å². The average molecular weight is 482 g/mol. The molecule has 1 amide bonds. The molecule has 1 N–H and O–H groups in total. The zero-order valence-electron chi connectivity index (χ0n) is 20.6. The highest BCUT2D eigenvalue weighted by Crippen LogP contribution is 2.46. The van der Waals surface area contributed by atoms with Crippen molar-refractivity contribution in [2.45, 2.75) is 57.5 Å². The molecule has 1 saturated heterocycles. The van der Waals surface area contributed by atoms with Gasteiger partial charge < -0.3 is 15.0 Å². The number of carbonyl (C=O) groups is 1. The van der Waals surface area contributed by atoms with Crippen LogP contribution in [0.5, 0.6) is 11.5 Å². The molecule has 0 unspecified atom stereocenters. The van der Waals surface area contributed by atoms with Gasteiger partial charge in [0.1, 0.15) is 11.5 Å². The molecule has 6 rings (SSSR count). The summed E-state index contributed by atoms with van der Waals surface area (Å²) < 4.78 is 8.65. The van der Waals surface area contributed by atoms with Crippen molar-refractivity contribution in [3.8, 4) is 28.7 Å². The fraction of sp³-hybridized carbons (Fsp3) is 0.414. The molecule has 3 heterocycles. The molecule has 1 aromatic heterocycles. The first-order chi connectivity index (χ1) is 17.6. The maximum absolute atomic E-state index is 13.2. The van der Waals surface area contributed by atoms with Crippen LogP contribution in [0, 0.1) is 17.2 Å². The van der Waals surface area contributed by atoms with Crippen molar-refractivity contribution in [1.29, 1.82) is 5.26 Å². The highest BCUT2D eigenvalue weighted by molar-refractivity contribution is 5.99. The van der Waals surface area contributed by atoms with E-state index in [9.17, 15) is 10.1 Å². The van der Waals surface area contributed by atoms with E-state index in [2.05, 4.69) is 41.3 Å². The summed E-state index contributed by atoms with van der Waals surface area (Å²) in [5, 5.41) is 17.3. The minimum absolute atomic E-state index is 0.157. The lowest BCUT2D eigenvalue weighted by molar-refractivity contribution is -0.120. The number of nitrogens with one attached hydrogen (secondary N) is 1. The summed E-state index contributed by atoms with van der Waals surface area (Å²) in [6.07, 6.45) is 9.89. The van der Waals surface area contributed by atoms with Crippen molar-refractivity contribution in [3.63, 3.8) is 0 Å². The van der Waals surface area contributed by atoms with Crippen LogP contribution in [0.25, 0.3) is 11.1 Å². The predicted octanol–water partition coefficient (Wildman–Crippen LogP) is 5.22. The van der Waals surface area contributed by atoms with Gasteiger partial charge in [0.15, 0.2) is 0 Å². The van der Waals surface area contributed by atoms with Gasteiger partial charge in [-0.3, -0.25) is 9.48 Å². The van der Waals surface area contributed by atoms with Crippen LogP contribution >= 0.6 is 0 Å². The Bertz CT molecular complexity index is 1310. The largest absolute Gasteiger partial charge is 0.456 e. The summed E-state index contributed by atoms with van der Waals surface area (Å²) in [4.78, 5) is 15.2. The molecule has 1 atom stereocenters. The van der Waals surface area contributed by atoms with E-state index in [4.69, 9.17) is 9.84 Å². The van der Waals surface area contributed by atoms with Gasteiger partial charge in [0, 0.05) is 34.8 Å². The van der Waals surface area contributed by atoms with Crippen molar-refractivity contribution < 1.29 is 9.53 Å². The Morgan fingerprint density at radius 2 is 1.86 bits per heavy atom. The second-order valence-corrected chi connectivity index (χ2v) is 10.2. The number of nitriles is 1. The van der Waals surface area contributed by atoms with Gasteiger partial charge in [0.2, 0.25) is 5.91 Å². The maximum Gasteiger partial charge on any atom is 0.230 e. The van der Waals surface area contributed by atoms with Crippen LogP contribution in [0.4, 0.5) is 5.69 Å². The van der Waals surface area contributed by atoms with Crippen molar-refractivity contribution in [3.05, 3.63) is 59.9 Å². The van der Waals surface area contributed by atoms with Gasteiger partial charge in [-0.2, -0.15) is 10.4 Å². The molecule has 3 aromatic rings. The Morgan fingerprint density at radius 3 is 2.58 bits per heavy atom.